The summed E-state index contributed by atoms with van der Waals surface area (Å²) in [7, 11) is 0. The van der Waals surface area contributed by atoms with Gasteiger partial charge in [-0.15, -0.1) is 0 Å². The summed E-state index contributed by atoms with van der Waals surface area (Å²) in [6.45, 7) is 5.13. The summed E-state index contributed by atoms with van der Waals surface area (Å²) >= 11 is 0. The van der Waals surface area contributed by atoms with Crippen molar-refractivity contribution in [3.63, 3.8) is 0 Å². The highest BCUT2D eigenvalue weighted by molar-refractivity contribution is 6.07. The number of aromatic amines is 1. The first-order valence-electron chi connectivity index (χ1n) is 9.79. The SMILES string of the molecule is Cc1ccc2[nH]c(C(=O)N3CCC[C@@]4(C3)C(=O)Nc3ccccc34)c(C)c2c1. The van der Waals surface area contributed by atoms with E-state index in [1.165, 1.54) is 5.56 Å². The fourth-order valence-electron chi connectivity index (χ4n) is 4.82. The minimum absolute atomic E-state index is 0.00944. The Morgan fingerprint density at radius 1 is 1.14 bits per heavy atom. The van der Waals surface area contributed by atoms with E-state index in [-0.39, 0.29) is 11.8 Å². The third-order valence-corrected chi connectivity index (χ3v) is 6.33. The Morgan fingerprint density at radius 2 is 1.96 bits per heavy atom. The maximum absolute atomic E-state index is 13.4. The van der Waals surface area contributed by atoms with Crippen LogP contribution in [0, 0.1) is 13.8 Å². The van der Waals surface area contributed by atoms with Crippen LogP contribution in [0.15, 0.2) is 42.5 Å². The summed E-state index contributed by atoms with van der Waals surface area (Å²) < 4.78 is 0. The van der Waals surface area contributed by atoms with Crippen LogP contribution in [-0.2, 0) is 10.2 Å². The lowest BCUT2D eigenvalue weighted by Crippen LogP contribution is -2.52. The molecule has 5 heteroatoms. The smallest absolute Gasteiger partial charge is 0.270 e. The number of benzene rings is 2. The molecule has 5 nitrogen and oxygen atoms in total. The number of H-pyrrole nitrogens is 1. The molecule has 0 bridgehead atoms. The fraction of sp³-hybridized carbons (Fsp3) is 0.304. The number of carbonyl (C=O) groups is 2. The van der Waals surface area contributed by atoms with Crippen molar-refractivity contribution in [2.75, 3.05) is 18.4 Å². The molecule has 1 fully saturated rings. The number of aryl methyl sites for hydroxylation is 2. The van der Waals surface area contributed by atoms with Gasteiger partial charge in [0.1, 0.15) is 5.69 Å². The molecule has 3 aromatic rings. The van der Waals surface area contributed by atoms with E-state index in [1.807, 2.05) is 48.2 Å². The summed E-state index contributed by atoms with van der Waals surface area (Å²) in [5, 5.41) is 4.09. The van der Waals surface area contributed by atoms with Crippen LogP contribution in [0.2, 0.25) is 0 Å². The molecule has 1 spiro atoms. The molecule has 1 aromatic heterocycles. The summed E-state index contributed by atoms with van der Waals surface area (Å²) in [5.74, 6) is -0.0159. The second-order valence-corrected chi connectivity index (χ2v) is 8.09. The normalized spacial score (nSPS) is 21.2. The quantitative estimate of drug-likeness (QED) is 0.679. The standard InChI is InChI=1S/C23H23N3O2/c1-14-8-9-18-16(12-14)15(2)20(24-18)21(27)26-11-5-10-23(13-26)17-6-3-4-7-19(17)25-22(23)28/h3-4,6-9,12,24H,5,10-11,13H2,1-2H3,(H,25,28)/t23-/m0/s1. The maximum atomic E-state index is 13.4. The number of aromatic nitrogens is 1. The molecule has 1 atom stereocenters. The van der Waals surface area contributed by atoms with Crippen LogP contribution in [0.1, 0.15) is 40.0 Å². The van der Waals surface area contributed by atoms with Gasteiger partial charge in [0.05, 0.1) is 5.41 Å². The van der Waals surface area contributed by atoms with Crippen molar-refractivity contribution in [3.8, 4) is 0 Å². The largest absolute Gasteiger partial charge is 0.350 e. The molecule has 2 aliphatic rings. The molecule has 2 amide bonds. The number of anilines is 1. The summed E-state index contributed by atoms with van der Waals surface area (Å²) in [6.07, 6.45) is 1.58. The van der Waals surface area contributed by atoms with Gasteiger partial charge in [0.2, 0.25) is 5.91 Å². The molecular weight excluding hydrogens is 350 g/mol. The monoisotopic (exact) mass is 373 g/mol. The molecule has 0 radical (unpaired) electrons. The zero-order valence-electron chi connectivity index (χ0n) is 16.1. The molecule has 142 valence electrons. The molecule has 3 heterocycles. The van der Waals surface area contributed by atoms with Gasteiger partial charge in [-0.2, -0.15) is 0 Å². The first-order valence-corrected chi connectivity index (χ1v) is 9.79. The summed E-state index contributed by atoms with van der Waals surface area (Å²) in [5.41, 5.74) is 5.00. The second kappa shape index (κ2) is 5.96. The van der Waals surface area contributed by atoms with E-state index >= 15 is 0 Å². The minimum atomic E-state index is -0.638. The van der Waals surface area contributed by atoms with Crippen molar-refractivity contribution in [2.24, 2.45) is 0 Å². The van der Waals surface area contributed by atoms with Crippen molar-refractivity contribution < 1.29 is 9.59 Å². The van der Waals surface area contributed by atoms with Crippen LogP contribution < -0.4 is 5.32 Å². The van der Waals surface area contributed by atoms with E-state index in [0.717, 1.165) is 40.6 Å². The lowest BCUT2D eigenvalue weighted by atomic mass is 9.75. The average Bonchev–Trinajstić information content (AvgIpc) is 3.16. The second-order valence-electron chi connectivity index (χ2n) is 8.09. The third kappa shape index (κ3) is 2.32. The number of nitrogens with one attached hydrogen (secondary N) is 2. The number of fused-ring (bicyclic) bond motifs is 3. The Bertz CT molecular complexity index is 1130. The Hall–Kier alpha value is -3.08. The number of hydrogen-bond donors (Lipinski definition) is 2. The molecule has 0 unspecified atom stereocenters. The number of amides is 2. The van der Waals surface area contributed by atoms with Gasteiger partial charge in [-0.25, -0.2) is 0 Å². The van der Waals surface area contributed by atoms with Crippen LogP contribution in [0.3, 0.4) is 0 Å². The van der Waals surface area contributed by atoms with Gasteiger partial charge >= 0.3 is 0 Å². The van der Waals surface area contributed by atoms with Crippen molar-refractivity contribution in [1.29, 1.82) is 0 Å². The number of hydrogen-bond acceptors (Lipinski definition) is 2. The molecule has 2 aromatic carbocycles. The van der Waals surface area contributed by atoms with Crippen molar-refractivity contribution in [2.45, 2.75) is 32.1 Å². The van der Waals surface area contributed by atoms with Gasteiger partial charge < -0.3 is 15.2 Å². The number of para-hydroxylation sites is 1. The summed E-state index contributed by atoms with van der Waals surface area (Å²) in [4.78, 5) is 31.4. The Labute approximate surface area is 163 Å². The van der Waals surface area contributed by atoms with Gasteiger partial charge in [-0.05, 0) is 56.0 Å². The van der Waals surface area contributed by atoms with Gasteiger partial charge in [0.25, 0.3) is 5.91 Å². The molecule has 0 saturated carbocycles. The first-order chi connectivity index (χ1) is 13.5. The van der Waals surface area contributed by atoms with E-state index in [0.29, 0.717) is 18.8 Å². The van der Waals surface area contributed by atoms with Crippen molar-refractivity contribution >= 4 is 28.4 Å². The number of rotatable bonds is 1. The van der Waals surface area contributed by atoms with Gasteiger partial charge in [0, 0.05) is 29.7 Å². The molecule has 1 saturated heterocycles. The molecule has 2 aliphatic heterocycles. The van der Waals surface area contributed by atoms with E-state index in [2.05, 4.69) is 23.3 Å². The average molecular weight is 373 g/mol. The third-order valence-electron chi connectivity index (χ3n) is 6.33. The van der Waals surface area contributed by atoms with Gasteiger partial charge in [-0.3, -0.25) is 9.59 Å². The van der Waals surface area contributed by atoms with Crippen LogP contribution in [-0.4, -0.2) is 34.8 Å². The highest BCUT2D eigenvalue weighted by Crippen LogP contribution is 2.44. The van der Waals surface area contributed by atoms with E-state index in [4.69, 9.17) is 0 Å². The van der Waals surface area contributed by atoms with Crippen LogP contribution in [0.5, 0.6) is 0 Å². The highest BCUT2D eigenvalue weighted by atomic mass is 16.2. The fourth-order valence-corrected chi connectivity index (χ4v) is 4.82. The molecule has 0 aliphatic carbocycles. The number of carbonyl (C=O) groups excluding carboxylic acids is 2. The predicted molar refractivity (Wildman–Crippen MR) is 110 cm³/mol. The van der Waals surface area contributed by atoms with Crippen molar-refractivity contribution in [1.82, 2.24) is 9.88 Å². The Kier molecular flexibility index (Phi) is 3.63. The Morgan fingerprint density at radius 3 is 2.82 bits per heavy atom. The molecule has 2 N–H and O–H groups in total. The van der Waals surface area contributed by atoms with Gasteiger partial charge in [0.15, 0.2) is 0 Å². The van der Waals surface area contributed by atoms with Crippen LogP contribution >= 0.6 is 0 Å². The maximum Gasteiger partial charge on any atom is 0.270 e. The highest BCUT2D eigenvalue weighted by Gasteiger charge is 2.50. The molecule has 28 heavy (non-hydrogen) atoms. The van der Waals surface area contributed by atoms with E-state index in [1.54, 1.807) is 0 Å². The van der Waals surface area contributed by atoms with Crippen LogP contribution in [0.4, 0.5) is 5.69 Å². The molecule has 5 rings (SSSR count). The lowest BCUT2D eigenvalue weighted by molar-refractivity contribution is -0.122. The van der Waals surface area contributed by atoms with Crippen LogP contribution in [0.25, 0.3) is 10.9 Å². The number of piperidine rings is 1. The van der Waals surface area contributed by atoms with E-state index in [9.17, 15) is 9.59 Å². The number of nitrogens with zero attached hydrogens (tertiary/aromatic N) is 1. The zero-order valence-corrected chi connectivity index (χ0v) is 16.1. The van der Waals surface area contributed by atoms with E-state index < -0.39 is 5.41 Å². The minimum Gasteiger partial charge on any atom is -0.350 e. The number of likely N-dealkylation sites (tertiary alicyclic amines) is 1. The topological polar surface area (TPSA) is 65.2 Å². The zero-order chi connectivity index (χ0) is 19.5. The Balaban J connectivity index is 1.52. The lowest BCUT2D eigenvalue weighted by Gasteiger charge is -2.39. The molecular formula is C23H23N3O2. The summed E-state index contributed by atoms with van der Waals surface area (Å²) in [6, 6.07) is 14.0. The van der Waals surface area contributed by atoms with Gasteiger partial charge in [-0.1, -0.05) is 29.8 Å². The predicted octanol–water partition coefficient (Wildman–Crippen LogP) is 3.91. The van der Waals surface area contributed by atoms with Crippen molar-refractivity contribution in [3.05, 3.63) is 64.8 Å². The first kappa shape index (κ1) is 17.0.